The van der Waals surface area contributed by atoms with Gasteiger partial charge in [-0.05, 0) is 35.9 Å². The van der Waals surface area contributed by atoms with Crippen LogP contribution in [0.3, 0.4) is 0 Å². The van der Waals surface area contributed by atoms with Gasteiger partial charge in [0.05, 0.1) is 18.7 Å². The molecule has 13 heteroatoms. The number of methoxy groups -OCH3 is 1. The fourth-order valence-electron chi connectivity index (χ4n) is 2.24. The Bertz CT molecular complexity index is 1080. The van der Waals surface area contributed by atoms with Crippen molar-refractivity contribution in [1.29, 1.82) is 0 Å². The van der Waals surface area contributed by atoms with Crippen LogP contribution in [0.4, 0.5) is 5.69 Å². The van der Waals surface area contributed by atoms with Crippen molar-refractivity contribution in [1.82, 2.24) is 9.62 Å². The van der Waals surface area contributed by atoms with Gasteiger partial charge in [-0.25, -0.2) is 22.3 Å². The number of hydrogen-bond donors (Lipinski definition) is 4. The quantitative estimate of drug-likeness (QED) is 0.392. The van der Waals surface area contributed by atoms with E-state index in [9.17, 15) is 13.2 Å². The van der Waals surface area contributed by atoms with Crippen LogP contribution in [-0.2, 0) is 31.0 Å². The number of nitrogens with zero attached hydrogens (tertiary/aromatic N) is 1. The number of anilines is 1. The molecule has 180 valence electrons. The van der Waals surface area contributed by atoms with Gasteiger partial charge < -0.3 is 25.6 Å². The molecule has 0 atom stereocenters. The second-order valence-corrected chi connectivity index (χ2v) is 9.07. The minimum Gasteiger partial charge on any atom is -0.497 e. The van der Waals surface area contributed by atoms with Gasteiger partial charge in [-0.1, -0.05) is 23.7 Å². The number of sulfonamides is 1. The third kappa shape index (κ3) is 9.06. The standard InChI is InChI=1S/C18H22ClN3O4S.C2H2O4/c1-22(2)27(24,25)17-10-14(6-9-16(17)19)21-18(23)12-20-11-13-4-7-15(26-3)8-5-13;3-1(4)2(5)6/h4-10,20H,11-12H2,1-3H3,(H,21,23);(H,3,4)(H,5,6). The molecular weight excluding hydrogens is 478 g/mol. The highest BCUT2D eigenvalue weighted by atomic mass is 35.5. The molecule has 1 amide bonds. The number of carboxylic acid groups (broad SMARTS) is 2. The molecule has 0 unspecified atom stereocenters. The van der Waals surface area contributed by atoms with Crippen LogP contribution in [0.25, 0.3) is 0 Å². The van der Waals surface area contributed by atoms with Crippen molar-refractivity contribution in [3.05, 3.63) is 53.1 Å². The summed E-state index contributed by atoms with van der Waals surface area (Å²) < 4.78 is 30.7. The number of hydrogen-bond acceptors (Lipinski definition) is 7. The van der Waals surface area contributed by atoms with Crippen LogP contribution in [-0.4, -0.2) is 68.5 Å². The van der Waals surface area contributed by atoms with Crippen molar-refractivity contribution in [3.63, 3.8) is 0 Å². The number of rotatable bonds is 8. The zero-order valence-electron chi connectivity index (χ0n) is 18.0. The van der Waals surface area contributed by atoms with Crippen molar-refractivity contribution >= 4 is 45.2 Å². The smallest absolute Gasteiger partial charge is 0.414 e. The molecule has 4 N–H and O–H groups in total. The Hall–Kier alpha value is -3.19. The second kappa shape index (κ2) is 12.7. The predicted molar refractivity (Wildman–Crippen MR) is 121 cm³/mol. The highest BCUT2D eigenvalue weighted by molar-refractivity contribution is 7.89. The van der Waals surface area contributed by atoms with Crippen LogP contribution >= 0.6 is 11.6 Å². The summed E-state index contributed by atoms with van der Waals surface area (Å²) in [6.45, 7) is 0.586. The van der Waals surface area contributed by atoms with E-state index in [1.165, 1.54) is 26.2 Å². The second-order valence-electron chi connectivity index (χ2n) is 6.54. The lowest BCUT2D eigenvalue weighted by Gasteiger charge is -2.14. The van der Waals surface area contributed by atoms with Crippen molar-refractivity contribution in [2.75, 3.05) is 33.1 Å². The molecule has 0 aliphatic rings. The normalized spacial score (nSPS) is 10.7. The third-order valence-corrected chi connectivity index (χ3v) is 6.23. The number of carboxylic acids is 2. The zero-order valence-corrected chi connectivity index (χ0v) is 19.6. The summed E-state index contributed by atoms with van der Waals surface area (Å²) in [4.78, 5) is 30.2. The van der Waals surface area contributed by atoms with Gasteiger partial charge in [0.1, 0.15) is 10.6 Å². The Labute approximate surface area is 196 Å². The number of aliphatic carboxylic acids is 2. The number of halogens is 1. The van der Waals surface area contributed by atoms with Crippen LogP contribution < -0.4 is 15.4 Å². The molecule has 2 aromatic rings. The molecule has 11 nitrogen and oxygen atoms in total. The minimum atomic E-state index is -3.70. The Kier molecular flexibility index (Phi) is 10.8. The Morgan fingerprint density at radius 1 is 1.03 bits per heavy atom. The lowest BCUT2D eigenvalue weighted by atomic mass is 10.2. The predicted octanol–water partition coefficient (Wildman–Crippen LogP) is 1.48. The van der Waals surface area contributed by atoms with Crippen LogP contribution in [0.2, 0.25) is 5.02 Å². The molecule has 0 saturated carbocycles. The Morgan fingerprint density at radius 3 is 2.09 bits per heavy atom. The number of nitrogens with one attached hydrogen (secondary N) is 2. The number of carbonyl (C=O) groups is 3. The molecule has 0 spiro atoms. The van der Waals surface area contributed by atoms with E-state index < -0.39 is 22.0 Å². The third-order valence-electron chi connectivity index (χ3n) is 3.93. The number of amides is 1. The van der Waals surface area contributed by atoms with Crippen molar-refractivity contribution in [2.24, 2.45) is 0 Å². The summed E-state index contributed by atoms with van der Waals surface area (Å²) in [6, 6.07) is 11.8. The molecule has 0 bridgehead atoms. The van der Waals surface area contributed by atoms with Crippen molar-refractivity contribution in [2.45, 2.75) is 11.4 Å². The molecule has 0 aliphatic heterocycles. The average molecular weight is 502 g/mol. The van der Waals surface area contributed by atoms with E-state index >= 15 is 0 Å². The highest BCUT2D eigenvalue weighted by Crippen LogP contribution is 2.26. The van der Waals surface area contributed by atoms with E-state index in [1.807, 2.05) is 24.3 Å². The fourth-order valence-corrected chi connectivity index (χ4v) is 3.64. The Balaban J connectivity index is 0.000000801. The maximum Gasteiger partial charge on any atom is 0.414 e. The zero-order chi connectivity index (χ0) is 25.2. The molecule has 33 heavy (non-hydrogen) atoms. The van der Waals surface area contributed by atoms with Crippen molar-refractivity contribution in [3.8, 4) is 5.75 Å². The maximum atomic E-state index is 12.3. The monoisotopic (exact) mass is 501 g/mol. The summed E-state index contributed by atoms with van der Waals surface area (Å²) in [5.41, 5.74) is 1.37. The van der Waals surface area contributed by atoms with E-state index in [0.29, 0.717) is 12.2 Å². The number of ether oxygens (including phenoxy) is 1. The molecular formula is C20H24ClN3O8S. The SMILES string of the molecule is COc1ccc(CNCC(=O)Nc2ccc(Cl)c(S(=O)(=O)N(C)C)c2)cc1.O=C(O)C(=O)O. The van der Waals surface area contributed by atoms with E-state index in [4.69, 9.17) is 36.1 Å². The molecule has 0 aromatic heterocycles. The summed E-state index contributed by atoms with van der Waals surface area (Å²) in [6.07, 6.45) is 0. The first kappa shape index (κ1) is 27.8. The summed E-state index contributed by atoms with van der Waals surface area (Å²) in [5, 5.41) is 20.6. The van der Waals surface area contributed by atoms with Crippen LogP contribution in [0, 0.1) is 0 Å². The van der Waals surface area contributed by atoms with Gasteiger partial charge in [-0.2, -0.15) is 0 Å². The van der Waals surface area contributed by atoms with E-state index in [0.717, 1.165) is 15.6 Å². The highest BCUT2D eigenvalue weighted by Gasteiger charge is 2.21. The van der Waals surface area contributed by atoms with Crippen LogP contribution in [0.1, 0.15) is 5.56 Å². The molecule has 0 aliphatic carbocycles. The molecule has 0 radical (unpaired) electrons. The summed E-state index contributed by atoms with van der Waals surface area (Å²) >= 11 is 5.99. The molecule has 0 saturated heterocycles. The van der Waals surface area contributed by atoms with Gasteiger partial charge in [0.2, 0.25) is 15.9 Å². The lowest BCUT2D eigenvalue weighted by molar-refractivity contribution is -0.159. The molecule has 2 rings (SSSR count). The van der Waals surface area contributed by atoms with Gasteiger partial charge in [-0.3, -0.25) is 4.79 Å². The topological polar surface area (TPSA) is 162 Å². The van der Waals surface area contributed by atoms with Crippen LogP contribution in [0.15, 0.2) is 47.4 Å². The van der Waals surface area contributed by atoms with Gasteiger partial charge in [-0.15, -0.1) is 0 Å². The van der Waals surface area contributed by atoms with Gasteiger partial charge in [0.25, 0.3) is 0 Å². The van der Waals surface area contributed by atoms with Crippen molar-refractivity contribution < 1.29 is 37.8 Å². The fraction of sp³-hybridized carbons (Fsp3) is 0.250. The summed E-state index contributed by atoms with van der Waals surface area (Å²) in [5.74, 6) is -3.17. The average Bonchev–Trinajstić information content (AvgIpc) is 2.75. The van der Waals surface area contributed by atoms with E-state index in [2.05, 4.69) is 10.6 Å². The Morgan fingerprint density at radius 2 is 1.61 bits per heavy atom. The van der Waals surface area contributed by atoms with Gasteiger partial charge in [0, 0.05) is 26.3 Å². The maximum absolute atomic E-state index is 12.3. The largest absolute Gasteiger partial charge is 0.497 e. The first-order chi connectivity index (χ1) is 15.4. The number of carbonyl (C=O) groups excluding carboxylic acids is 1. The lowest BCUT2D eigenvalue weighted by Crippen LogP contribution is -2.28. The minimum absolute atomic E-state index is 0.0573. The molecule has 2 aromatic carbocycles. The van der Waals surface area contributed by atoms with Gasteiger partial charge >= 0.3 is 11.9 Å². The molecule has 0 fully saturated rings. The number of benzene rings is 2. The van der Waals surface area contributed by atoms with Gasteiger partial charge in [0.15, 0.2) is 0 Å². The van der Waals surface area contributed by atoms with E-state index in [-0.39, 0.29) is 22.4 Å². The summed E-state index contributed by atoms with van der Waals surface area (Å²) in [7, 11) is 0.734. The first-order valence-corrected chi connectivity index (χ1v) is 11.0. The van der Waals surface area contributed by atoms with Crippen LogP contribution in [0.5, 0.6) is 5.75 Å². The van der Waals surface area contributed by atoms with E-state index in [1.54, 1.807) is 13.2 Å². The first-order valence-electron chi connectivity index (χ1n) is 9.20. The molecule has 0 heterocycles.